The van der Waals surface area contributed by atoms with Gasteiger partial charge >= 0.3 is 0 Å². The van der Waals surface area contributed by atoms with Crippen molar-refractivity contribution >= 4 is 5.78 Å². The summed E-state index contributed by atoms with van der Waals surface area (Å²) in [7, 11) is 0. The Balaban J connectivity index is 2.08. The molecule has 0 radical (unpaired) electrons. The van der Waals surface area contributed by atoms with E-state index in [-0.39, 0.29) is 6.10 Å². The first-order chi connectivity index (χ1) is 6.58. The van der Waals surface area contributed by atoms with Crippen LogP contribution in [0.3, 0.4) is 0 Å². The van der Waals surface area contributed by atoms with Gasteiger partial charge < -0.3 is 4.74 Å². The predicted octanol–water partition coefficient (Wildman–Crippen LogP) is 2.54. The summed E-state index contributed by atoms with van der Waals surface area (Å²) in [4.78, 5) is 11.3. The fraction of sp³-hybridized carbons (Fsp3) is 0.750. The lowest BCUT2D eigenvalue weighted by Gasteiger charge is -2.23. The lowest BCUT2D eigenvalue weighted by Crippen LogP contribution is -2.23. The molecule has 0 amide bonds. The van der Waals surface area contributed by atoms with Crippen molar-refractivity contribution in [1.82, 2.24) is 0 Å². The maximum absolute atomic E-state index is 11.3. The van der Waals surface area contributed by atoms with E-state index in [0.29, 0.717) is 23.5 Å². The summed E-state index contributed by atoms with van der Waals surface area (Å²) in [6, 6.07) is 0. The Bertz CT molecular complexity index is 241. The molecule has 2 fully saturated rings. The van der Waals surface area contributed by atoms with Crippen LogP contribution in [0.4, 0.5) is 0 Å². The van der Waals surface area contributed by atoms with Crippen LogP contribution in [0.15, 0.2) is 12.3 Å². The van der Waals surface area contributed by atoms with Crippen molar-refractivity contribution in [3.05, 3.63) is 12.3 Å². The van der Waals surface area contributed by atoms with Crippen molar-refractivity contribution in [3.63, 3.8) is 0 Å². The van der Waals surface area contributed by atoms with Crippen LogP contribution in [0.2, 0.25) is 0 Å². The number of hydrogen-bond donors (Lipinski definition) is 0. The number of hydrogen-bond acceptors (Lipinski definition) is 2. The standard InChI is InChI=1S/C12H18O2/c1-7-4-10(13)6-11(7)12-5-8(2)14-9(12)3/h7,9,11-12H,2,4-6H2,1,3H3. The maximum atomic E-state index is 11.3. The Hall–Kier alpha value is -0.790. The third-order valence-corrected chi connectivity index (χ3v) is 3.71. The molecule has 4 unspecified atom stereocenters. The lowest BCUT2D eigenvalue weighted by atomic mass is 9.81. The summed E-state index contributed by atoms with van der Waals surface area (Å²) in [6.45, 7) is 8.14. The van der Waals surface area contributed by atoms with Crippen LogP contribution >= 0.6 is 0 Å². The number of ketones is 1. The smallest absolute Gasteiger partial charge is 0.133 e. The van der Waals surface area contributed by atoms with E-state index in [0.717, 1.165) is 25.0 Å². The topological polar surface area (TPSA) is 26.3 Å². The quantitative estimate of drug-likeness (QED) is 0.641. The molecular weight excluding hydrogens is 176 g/mol. The molecule has 0 bridgehead atoms. The Labute approximate surface area is 85.3 Å². The van der Waals surface area contributed by atoms with E-state index < -0.39 is 0 Å². The molecule has 0 spiro atoms. The molecule has 4 atom stereocenters. The highest BCUT2D eigenvalue weighted by Crippen LogP contribution is 2.43. The van der Waals surface area contributed by atoms with Gasteiger partial charge in [-0.3, -0.25) is 4.79 Å². The van der Waals surface area contributed by atoms with Crippen LogP contribution in [0, 0.1) is 17.8 Å². The second-order valence-corrected chi connectivity index (χ2v) is 4.82. The molecule has 2 nitrogen and oxygen atoms in total. The van der Waals surface area contributed by atoms with Crippen LogP contribution in [0.25, 0.3) is 0 Å². The fourth-order valence-corrected chi connectivity index (χ4v) is 2.96. The zero-order valence-corrected chi connectivity index (χ0v) is 8.95. The molecule has 0 N–H and O–H groups in total. The molecule has 1 saturated heterocycles. The van der Waals surface area contributed by atoms with Crippen molar-refractivity contribution in [2.24, 2.45) is 17.8 Å². The maximum Gasteiger partial charge on any atom is 0.133 e. The zero-order valence-electron chi connectivity index (χ0n) is 8.95. The third-order valence-electron chi connectivity index (χ3n) is 3.71. The van der Waals surface area contributed by atoms with Gasteiger partial charge in [0.15, 0.2) is 0 Å². The molecule has 0 aromatic rings. The van der Waals surface area contributed by atoms with E-state index in [9.17, 15) is 4.79 Å². The highest BCUT2D eigenvalue weighted by Gasteiger charge is 2.41. The van der Waals surface area contributed by atoms with Gasteiger partial charge in [0.25, 0.3) is 0 Å². The molecular formula is C12H18O2. The summed E-state index contributed by atoms with van der Waals surface area (Å²) in [6.07, 6.45) is 2.72. The lowest BCUT2D eigenvalue weighted by molar-refractivity contribution is -0.117. The number of carbonyl (C=O) groups is 1. The minimum Gasteiger partial charge on any atom is -0.495 e. The van der Waals surface area contributed by atoms with Gasteiger partial charge in [-0.15, -0.1) is 0 Å². The highest BCUT2D eigenvalue weighted by atomic mass is 16.5. The molecule has 0 aromatic heterocycles. The molecule has 2 aliphatic rings. The number of allylic oxidation sites excluding steroid dienone is 1. The van der Waals surface area contributed by atoms with Crippen LogP contribution < -0.4 is 0 Å². The summed E-state index contributed by atoms with van der Waals surface area (Å²) in [5.74, 6) is 2.89. The van der Waals surface area contributed by atoms with Gasteiger partial charge in [0.1, 0.15) is 5.78 Å². The molecule has 1 heterocycles. The van der Waals surface area contributed by atoms with Crippen molar-refractivity contribution in [3.8, 4) is 0 Å². The first-order valence-electron chi connectivity index (χ1n) is 5.44. The van der Waals surface area contributed by atoms with Gasteiger partial charge in [0.2, 0.25) is 0 Å². The highest BCUT2D eigenvalue weighted by molar-refractivity contribution is 5.81. The van der Waals surface area contributed by atoms with Gasteiger partial charge in [-0.05, 0) is 18.8 Å². The Morgan fingerprint density at radius 1 is 1.21 bits per heavy atom. The monoisotopic (exact) mass is 194 g/mol. The van der Waals surface area contributed by atoms with Gasteiger partial charge in [0, 0.05) is 25.2 Å². The predicted molar refractivity (Wildman–Crippen MR) is 54.7 cm³/mol. The van der Waals surface area contributed by atoms with Gasteiger partial charge in [-0.2, -0.15) is 0 Å². The normalized spacial score (nSPS) is 43.0. The molecule has 78 valence electrons. The number of rotatable bonds is 1. The van der Waals surface area contributed by atoms with Gasteiger partial charge in [-0.1, -0.05) is 13.5 Å². The largest absolute Gasteiger partial charge is 0.495 e. The molecule has 1 saturated carbocycles. The van der Waals surface area contributed by atoms with E-state index >= 15 is 0 Å². The van der Waals surface area contributed by atoms with Crippen LogP contribution in [0.5, 0.6) is 0 Å². The van der Waals surface area contributed by atoms with E-state index in [1.807, 2.05) is 0 Å². The average molecular weight is 194 g/mol. The van der Waals surface area contributed by atoms with E-state index in [1.165, 1.54) is 0 Å². The van der Waals surface area contributed by atoms with E-state index in [4.69, 9.17) is 4.74 Å². The fourth-order valence-electron chi connectivity index (χ4n) is 2.96. The minimum atomic E-state index is 0.251. The van der Waals surface area contributed by atoms with Crippen molar-refractivity contribution in [2.45, 2.75) is 39.2 Å². The number of Topliss-reactive ketones (excluding diaryl/α,β-unsaturated/α-hetero) is 1. The van der Waals surface area contributed by atoms with Crippen LogP contribution in [0.1, 0.15) is 33.1 Å². The first-order valence-corrected chi connectivity index (χ1v) is 5.44. The molecule has 1 aliphatic heterocycles. The van der Waals surface area contributed by atoms with Crippen molar-refractivity contribution in [1.29, 1.82) is 0 Å². The third kappa shape index (κ3) is 1.58. The van der Waals surface area contributed by atoms with Crippen molar-refractivity contribution < 1.29 is 9.53 Å². The Morgan fingerprint density at radius 3 is 2.36 bits per heavy atom. The summed E-state index contributed by atoms with van der Waals surface area (Å²) >= 11 is 0. The Kier molecular flexibility index (Phi) is 2.38. The van der Waals surface area contributed by atoms with E-state index in [2.05, 4.69) is 20.4 Å². The van der Waals surface area contributed by atoms with Crippen LogP contribution in [-0.4, -0.2) is 11.9 Å². The molecule has 2 heteroatoms. The molecule has 2 rings (SSSR count). The summed E-state index contributed by atoms with van der Waals surface area (Å²) in [5.41, 5.74) is 0. The Morgan fingerprint density at radius 2 is 1.93 bits per heavy atom. The van der Waals surface area contributed by atoms with E-state index in [1.54, 1.807) is 0 Å². The minimum absolute atomic E-state index is 0.251. The second-order valence-electron chi connectivity index (χ2n) is 4.82. The zero-order chi connectivity index (χ0) is 10.3. The average Bonchev–Trinajstić information content (AvgIpc) is 2.55. The van der Waals surface area contributed by atoms with Gasteiger partial charge in [-0.25, -0.2) is 0 Å². The molecule has 0 aromatic carbocycles. The number of ether oxygens (including phenoxy) is 1. The number of carbonyl (C=O) groups excluding carboxylic acids is 1. The SMILES string of the molecule is C=C1CC(C2CC(=O)CC2C)C(C)O1. The van der Waals surface area contributed by atoms with Crippen molar-refractivity contribution in [2.75, 3.05) is 0 Å². The van der Waals surface area contributed by atoms with Crippen LogP contribution in [-0.2, 0) is 9.53 Å². The summed E-state index contributed by atoms with van der Waals surface area (Å²) < 4.78 is 5.56. The molecule has 14 heavy (non-hydrogen) atoms. The summed E-state index contributed by atoms with van der Waals surface area (Å²) in [5, 5.41) is 0. The molecule has 1 aliphatic carbocycles. The second kappa shape index (κ2) is 3.41. The first kappa shape index (κ1) is 9.75. The van der Waals surface area contributed by atoms with Gasteiger partial charge in [0.05, 0.1) is 11.9 Å².